The van der Waals surface area contributed by atoms with Crippen molar-refractivity contribution in [2.75, 3.05) is 13.7 Å². The van der Waals surface area contributed by atoms with E-state index in [-0.39, 0.29) is 12.1 Å². The predicted octanol–water partition coefficient (Wildman–Crippen LogP) is 3.84. The fourth-order valence-electron chi connectivity index (χ4n) is 2.14. The van der Waals surface area contributed by atoms with E-state index in [9.17, 15) is 22.4 Å². The van der Waals surface area contributed by atoms with Crippen molar-refractivity contribution in [3.8, 4) is 5.75 Å². The van der Waals surface area contributed by atoms with E-state index in [0.717, 1.165) is 12.1 Å². The third-order valence-electron chi connectivity index (χ3n) is 3.30. The summed E-state index contributed by atoms with van der Waals surface area (Å²) in [5, 5.41) is 2.59. The summed E-state index contributed by atoms with van der Waals surface area (Å²) in [5.41, 5.74) is 0.709. The van der Waals surface area contributed by atoms with Crippen LogP contribution in [-0.2, 0) is 4.74 Å². The molecule has 1 atom stereocenters. The highest BCUT2D eigenvalue weighted by Gasteiger charge is 2.31. The van der Waals surface area contributed by atoms with Crippen LogP contribution in [-0.4, -0.2) is 25.9 Å². The molecule has 0 aromatic heterocycles. The molecular formula is C17H15F4NO3. The minimum absolute atomic E-state index is 0.0690. The van der Waals surface area contributed by atoms with Gasteiger partial charge in [0.05, 0.1) is 6.10 Å². The van der Waals surface area contributed by atoms with E-state index in [1.807, 2.05) is 0 Å². The van der Waals surface area contributed by atoms with Crippen LogP contribution in [0.15, 0.2) is 48.5 Å². The van der Waals surface area contributed by atoms with Gasteiger partial charge >= 0.3 is 6.36 Å². The highest BCUT2D eigenvalue weighted by molar-refractivity contribution is 5.94. The minimum atomic E-state index is -4.79. The molecule has 0 radical (unpaired) electrons. The molecule has 1 N–H and O–H groups in total. The first-order valence-corrected chi connectivity index (χ1v) is 7.21. The van der Waals surface area contributed by atoms with Gasteiger partial charge in [-0.1, -0.05) is 12.1 Å². The fraction of sp³-hybridized carbons (Fsp3) is 0.235. The summed E-state index contributed by atoms with van der Waals surface area (Å²) in [6, 6.07) is 10.3. The van der Waals surface area contributed by atoms with Crippen molar-refractivity contribution in [3.05, 3.63) is 65.5 Å². The van der Waals surface area contributed by atoms with Gasteiger partial charge in [0.1, 0.15) is 11.6 Å². The molecule has 0 aliphatic heterocycles. The van der Waals surface area contributed by atoms with Gasteiger partial charge in [-0.15, -0.1) is 13.2 Å². The number of methoxy groups -OCH3 is 1. The van der Waals surface area contributed by atoms with Crippen molar-refractivity contribution in [1.29, 1.82) is 0 Å². The molecule has 2 aromatic rings. The second-order valence-corrected chi connectivity index (χ2v) is 5.06. The number of ether oxygens (including phenoxy) is 2. The van der Waals surface area contributed by atoms with Crippen LogP contribution in [0.4, 0.5) is 17.6 Å². The van der Waals surface area contributed by atoms with Gasteiger partial charge in [0, 0.05) is 19.2 Å². The number of nitrogens with one attached hydrogen (secondary N) is 1. The average Bonchev–Trinajstić information content (AvgIpc) is 2.54. The van der Waals surface area contributed by atoms with Gasteiger partial charge in [0.15, 0.2) is 0 Å². The van der Waals surface area contributed by atoms with Crippen LogP contribution in [0, 0.1) is 5.82 Å². The number of rotatable bonds is 6. The SMILES string of the molecule is COC(CNC(=O)c1ccc(OC(F)(F)F)cc1)c1cccc(F)c1. The third-order valence-corrected chi connectivity index (χ3v) is 3.30. The molecule has 134 valence electrons. The number of halogens is 4. The Bertz CT molecular complexity index is 717. The lowest BCUT2D eigenvalue weighted by Gasteiger charge is -2.17. The normalized spacial score (nSPS) is 12.5. The zero-order valence-corrected chi connectivity index (χ0v) is 13.1. The van der Waals surface area contributed by atoms with Crippen molar-refractivity contribution < 1.29 is 31.8 Å². The van der Waals surface area contributed by atoms with Crippen molar-refractivity contribution in [1.82, 2.24) is 5.32 Å². The van der Waals surface area contributed by atoms with Crippen LogP contribution >= 0.6 is 0 Å². The standard InChI is InChI=1S/C17H15F4NO3/c1-24-15(12-3-2-4-13(18)9-12)10-22-16(23)11-5-7-14(8-6-11)25-17(19,20)21/h2-9,15H,10H2,1H3,(H,22,23). The molecule has 8 heteroatoms. The van der Waals surface area contributed by atoms with E-state index in [1.165, 1.54) is 37.4 Å². The maximum absolute atomic E-state index is 13.2. The molecular weight excluding hydrogens is 342 g/mol. The summed E-state index contributed by atoms with van der Waals surface area (Å²) < 4.78 is 58.5. The maximum Gasteiger partial charge on any atom is 0.573 e. The number of alkyl halides is 3. The van der Waals surface area contributed by atoms with E-state index < -0.39 is 29.9 Å². The second kappa shape index (κ2) is 7.98. The monoisotopic (exact) mass is 357 g/mol. The molecule has 2 aromatic carbocycles. The predicted molar refractivity (Wildman–Crippen MR) is 81.6 cm³/mol. The van der Waals surface area contributed by atoms with Gasteiger partial charge < -0.3 is 14.8 Å². The topological polar surface area (TPSA) is 47.6 Å². The van der Waals surface area contributed by atoms with Crippen LogP contribution in [0.1, 0.15) is 22.0 Å². The zero-order chi connectivity index (χ0) is 18.4. The van der Waals surface area contributed by atoms with Gasteiger partial charge in [-0.3, -0.25) is 4.79 Å². The minimum Gasteiger partial charge on any atom is -0.406 e. The molecule has 0 bridgehead atoms. The molecule has 0 saturated carbocycles. The van der Waals surface area contributed by atoms with Crippen LogP contribution < -0.4 is 10.1 Å². The molecule has 1 unspecified atom stereocenters. The second-order valence-electron chi connectivity index (χ2n) is 5.06. The first-order chi connectivity index (χ1) is 11.8. The average molecular weight is 357 g/mol. The van der Waals surface area contributed by atoms with Crippen LogP contribution in [0.2, 0.25) is 0 Å². The third kappa shape index (κ3) is 5.75. The van der Waals surface area contributed by atoms with Gasteiger partial charge in [0.2, 0.25) is 0 Å². The molecule has 0 aliphatic carbocycles. The smallest absolute Gasteiger partial charge is 0.406 e. The largest absolute Gasteiger partial charge is 0.573 e. The van der Waals surface area contributed by atoms with Crippen molar-refractivity contribution in [2.45, 2.75) is 12.5 Å². The van der Waals surface area contributed by atoms with E-state index in [2.05, 4.69) is 10.1 Å². The Kier molecular flexibility index (Phi) is 5.97. The van der Waals surface area contributed by atoms with Crippen LogP contribution in [0.5, 0.6) is 5.75 Å². The Balaban J connectivity index is 1.97. The van der Waals surface area contributed by atoms with Crippen LogP contribution in [0.3, 0.4) is 0 Å². The van der Waals surface area contributed by atoms with Crippen LogP contribution in [0.25, 0.3) is 0 Å². The summed E-state index contributed by atoms with van der Waals surface area (Å²) in [7, 11) is 1.42. The molecule has 0 heterocycles. The van der Waals surface area contributed by atoms with Crippen molar-refractivity contribution in [2.24, 2.45) is 0 Å². The van der Waals surface area contributed by atoms with E-state index in [4.69, 9.17) is 4.74 Å². The number of carbonyl (C=O) groups is 1. The lowest BCUT2D eigenvalue weighted by molar-refractivity contribution is -0.274. The number of hydrogen-bond acceptors (Lipinski definition) is 3. The number of carbonyl (C=O) groups excluding carboxylic acids is 1. The highest BCUT2D eigenvalue weighted by Crippen LogP contribution is 2.23. The molecule has 0 spiro atoms. The fourth-order valence-corrected chi connectivity index (χ4v) is 2.14. The summed E-state index contributed by atoms with van der Waals surface area (Å²) in [6.07, 6.45) is -5.35. The first-order valence-electron chi connectivity index (χ1n) is 7.21. The van der Waals surface area contributed by atoms with Crippen molar-refractivity contribution >= 4 is 5.91 Å². The zero-order valence-electron chi connectivity index (χ0n) is 13.1. The lowest BCUT2D eigenvalue weighted by atomic mass is 10.1. The van der Waals surface area contributed by atoms with Gasteiger partial charge in [0.25, 0.3) is 5.91 Å². The molecule has 1 amide bonds. The maximum atomic E-state index is 13.2. The van der Waals surface area contributed by atoms with E-state index >= 15 is 0 Å². The molecule has 0 saturated heterocycles. The highest BCUT2D eigenvalue weighted by atomic mass is 19.4. The number of hydrogen-bond donors (Lipinski definition) is 1. The Morgan fingerprint density at radius 1 is 1.16 bits per heavy atom. The summed E-state index contributed by atoms with van der Waals surface area (Å²) in [4.78, 5) is 12.1. The molecule has 2 rings (SSSR count). The first kappa shape index (κ1) is 18.7. The molecule has 4 nitrogen and oxygen atoms in total. The van der Waals surface area contributed by atoms with Gasteiger partial charge in [-0.05, 0) is 42.0 Å². The molecule has 25 heavy (non-hydrogen) atoms. The molecule has 0 aliphatic rings. The number of benzene rings is 2. The van der Waals surface area contributed by atoms with E-state index in [1.54, 1.807) is 6.07 Å². The number of amides is 1. The summed E-state index contributed by atoms with van der Waals surface area (Å²) in [6.45, 7) is 0.0690. The van der Waals surface area contributed by atoms with Gasteiger partial charge in [-0.25, -0.2) is 4.39 Å². The van der Waals surface area contributed by atoms with Gasteiger partial charge in [-0.2, -0.15) is 0 Å². The Hall–Kier alpha value is -2.61. The Morgan fingerprint density at radius 2 is 1.84 bits per heavy atom. The van der Waals surface area contributed by atoms with Crippen molar-refractivity contribution in [3.63, 3.8) is 0 Å². The summed E-state index contributed by atoms with van der Waals surface area (Å²) >= 11 is 0. The Morgan fingerprint density at radius 3 is 2.40 bits per heavy atom. The summed E-state index contributed by atoms with van der Waals surface area (Å²) in [5.74, 6) is -1.35. The quantitative estimate of drug-likeness (QED) is 0.799. The molecule has 0 fully saturated rings. The lowest BCUT2D eigenvalue weighted by Crippen LogP contribution is -2.29. The Labute approximate surface area is 141 Å². The van der Waals surface area contributed by atoms with E-state index in [0.29, 0.717) is 5.56 Å².